The zero-order valence-corrected chi connectivity index (χ0v) is 7.58. The lowest BCUT2D eigenvalue weighted by molar-refractivity contribution is 0.625. The first-order valence-electron chi connectivity index (χ1n) is 3.47. The van der Waals surface area contributed by atoms with Crippen LogP contribution in [-0.2, 0) is 0 Å². The number of hydrogen-bond acceptors (Lipinski definition) is 0. The maximum Gasteiger partial charge on any atom is 0.101 e. The fourth-order valence-corrected chi connectivity index (χ4v) is 1.13. The van der Waals surface area contributed by atoms with E-state index >= 15 is 0 Å². The molecule has 0 fully saturated rings. The zero-order chi connectivity index (χ0) is 8.85. The zero-order valence-electron chi connectivity index (χ0n) is 6.82. The third-order valence-electron chi connectivity index (χ3n) is 1.32. The summed E-state index contributed by atoms with van der Waals surface area (Å²) in [5.41, 5.74) is 0.548. The highest BCUT2D eigenvalue weighted by Gasteiger charge is 2.02. The van der Waals surface area contributed by atoms with E-state index in [0.717, 1.165) is 0 Å². The van der Waals surface area contributed by atoms with E-state index in [4.69, 9.17) is 11.6 Å². The lowest BCUT2D eigenvalue weighted by atomic mass is 10.1. The summed E-state index contributed by atoms with van der Waals surface area (Å²) in [5.74, 6) is -0.226. The number of rotatable bonds is 3. The molecule has 0 atom stereocenters. The van der Waals surface area contributed by atoms with Gasteiger partial charge in [-0.1, -0.05) is 31.2 Å². The lowest BCUT2D eigenvalue weighted by Gasteiger charge is -2.01. The van der Waals surface area contributed by atoms with E-state index < -0.39 is 0 Å². The average Bonchev–Trinajstić information content (AvgIpc) is 1.88. The van der Waals surface area contributed by atoms with Crippen LogP contribution in [-0.4, -0.2) is 0 Å². The second-order valence-corrected chi connectivity index (χ2v) is 2.52. The van der Waals surface area contributed by atoms with Crippen molar-refractivity contribution < 1.29 is 4.39 Å². The minimum absolute atomic E-state index is 0.226. The number of hydrogen-bond donors (Lipinski definition) is 0. The Kier molecular flexibility index (Phi) is 4.88. The van der Waals surface area contributed by atoms with Gasteiger partial charge in [0.2, 0.25) is 0 Å². The van der Waals surface area contributed by atoms with E-state index in [0.29, 0.717) is 17.0 Å². The van der Waals surface area contributed by atoms with E-state index in [9.17, 15) is 4.39 Å². The molecular weight excluding hydrogens is 163 g/mol. The van der Waals surface area contributed by atoms with Crippen molar-refractivity contribution in [2.45, 2.75) is 20.3 Å². The lowest BCUT2D eigenvalue weighted by Crippen LogP contribution is -1.83. The van der Waals surface area contributed by atoms with E-state index in [1.807, 2.05) is 6.92 Å². The molecule has 0 nitrogen and oxygen atoms in total. The molecule has 0 bridgehead atoms. The summed E-state index contributed by atoms with van der Waals surface area (Å²) >= 11 is 5.73. The van der Waals surface area contributed by atoms with Crippen LogP contribution in [0.15, 0.2) is 35.2 Å². The second-order valence-electron chi connectivity index (χ2n) is 2.12. The molecule has 0 spiro atoms. The number of allylic oxidation sites excluding steroid dienone is 5. The predicted molar refractivity (Wildman–Crippen MR) is 48.2 cm³/mol. The first kappa shape index (κ1) is 10.4. The van der Waals surface area contributed by atoms with Crippen molar-refractivity contribution in [1.29, 1.82) is 0 Å². The van der Waals surface area contributed by atoms with Crippen molar-refractivity contribution in [3.63, 3.8) is 0 Å². The fourth-order valence-electron chi connectivity index (χ4n) is 0.781. The first-order chi connectivity index (χ1) is 5.13. The van der Waals surface area contributed by atoms with Gasteiger partial charge in [0.05, 0.1) is 0 Å². The van der Waals surface area contributed by atoms with E-state index in [1.54, 1.807) is 12.2 Å². The molecule has 0 amide bonds. The Labute approximate surface area is 72.1 Å². The quantitative estimate of drug-likeness (QED) is 0.569. The molecule has 0 N–H and O–H groups in total. The van der Waals surface area contributed by atoms with Crippen LogP contribution >= 0.6 is 11.6 Å². The Balaban J connectivity index is 4.66. The van der Waals surface area contributed by atoms with Crippen LogP contribution in [0.5, 0.6) is 0 Å². The Morgan fingerprint density at radius 1 is 1.64 bits per heavy atom. The van der Waals surface area contributed by atoms with Gasteiger partial charge >= 0.3 is 0 Å². The van der Waals surface area contributed by atoms with Gasteiger partial charge in [-0.3, -0.25) is 0 Å². The maximum absolute atomic E-state index is 12.7. The normalized spacial score (nSPS) is 14.4. The van der Waals surface area contributed by atoms with E-state index in [2.05, 4.69) is 6.58 Å². The molecule has 0 aliphatic heterocycles. The highest BCUT2D eigenvalue weighted by atomic mass is 35.5. The second kappa shape index (κ2) is 5.14. The molecule has 0 aromatic rings. The highest BCUT2D eigenvalue weighted by molar-refractivity contribution is 6.32. The van der Waals surface area contributed by atoms with Crippen LogP contribution in [0.25, 0.3) is 0 Å². The fraction of sp³-hybridized carbons (Fsp3) is 0.333. The summed E-state index contributed by atoms with van der Waals surface area (Å²) in [7, 11) is 0. The molecule has 0 aliphatic carbocycles. The summed E-state index contributed by atoms with van der Waals surface area (Å²) in [5, 5.41) is 0.433. The third kappa shape index (κ3) is 3.38. The van der Waals surface area contributed by atoms with Gasteiger partial charge in [0.25, 0.3) is 0 Å². The van der Waals surface area contributed by atoms with Crippen molar-refractivity contribution in [1.82, 2.24) is 0 Å². The molecule has 0 aromatic carbocycles. The largest absolute Gasteiger partial charge is 0.212 e. The smallest absolute Gasteiger partial charge is 0.101 e. The summed E-state index contributed by atoms with van der Waals surface area (Å²) in [6, 6.07) is 0. The number of halogens is 2. The van der Waals surface area contributed by atoms with Crippen LogP contribution in [0.1, 0.15) is 20.3 Å². The van der Waals surface area contributed by atoms with Crippen molar-refractivity contribution in [2.24, 2.45) is 0 Å². The van der Waals surface area contributed by atoms with Crippen molar-refractivity contribution in [2.75, 3.05) is 0 Å². The molecule has 0 saturated carbocycles. The van der Waals surface area contributed by atoms with E-state index in [-0.39, 0.29) is 5.83 Å². The van der Waals surface area contributed by atoms with Crippen LogP contribution in [0, 0.1) is 0 Å². The summed E-state index contributed by atoms with van der Waals surface area (Å²) in [6.07, 6.45) is 3.73. The Morgan fingerprint density at radius 2 is 2.18 bits per heavy atom. The van der Waals surface area contributed by atoms with Gasteiger partial charge in [0.1, 0.15) is 5.83 Å². The van der Waals surface area contributed by atoms with Gasteiger partial charge in [-0.15, -0.1) is 0 Å². The monoisotopic (exact) mass is 174 g/mol. The van der Waals surface area contributed by atoms with Gasteiger partial charge in [-0.2, -0.15) is 0 Å². The molecular formula is C9H12ClF. The molecule has 62 valence electrons. The van der Waals surface area contributed by atoms with Crippen molar-refractivity contribution in [3.8, 4) is 0 Å². The Bertz CT molecular complexity index is 198. The third-order valence-corrected chi connectivity index (χ3v) is 1.68. The van der Waals surface area contributed by atoms with Crippen LogP contribution in [0.3, 0.4) is 0 Å². The predicted octanol–water partition coefficient (Wildman–Crippen LogP) is 3.95. The van der Waals surface area contributed by atoms with Crippen LogP contribution in [0.2, 0.25) is 0 Å². The summed E-state index contributed by atoms with van der Waals surface area (Å²) < 4.78 is 12.7. The standard InChI is InChI=1S/C9H12ClF/c1-4-6-9(10)8(5-2)7(3)11/h4,6H,1,5H2,2-3H3/b8-7+,9-6+. The van der Waals surface area contributed by atoms with Crippen molar-refractivity contribution in [3.05, 3.63) is 35.2 Å². The molecule has 0 saturated heterocycles. The average molecular weight is 175 g/mol. The van der Waals surface area contributed by atoms with Crippen LogP contribution < -0.4 is 0 Å². The van der Waals surface area contributed by atoms with Gasteiger partial charge in [-0.05, 0) is 19.4 Å². The molecule has 0 unspecified atom stereocenters. The summed E-state index contributed by atoms with van der Waals surface area (Å²) in [4.78, 5) is 0. The Hall–Kier alpha value is -0.560. The molecule has 0 radical (unpaired) electrons. The molecule has 0 heterocycles. The van der Waals surface area contributed by atoms with Gasteiger partial charge in [0, 0.05) is 10.6 Å². The SMILES string of the molecule is C=C/C=C(Cl)\C(CC)=C(/C)F. The van der Waals surface area contributed by atoms with Crippen molar-refractivity contribution >= 4 is 11.6 Å². The molecule has 0 aromatic heterocycles. The van der Waals surface area contributed by atoms with Gasteiger partial charge < -0.3 is 0 Å². The highest BCUT2D eigenvalue weighted by Crippen LogP contribution is 2.22. The minimum atomic E-state index is -0.226. The molecule has 0 rings (SSSR count). The topological polar surface area (TPSA) is 0 Å². The minimum Gasteiger partial charge on any atom is -0.212 e. The van der Waals surface area contributed by atoms with Gasteiger partial charge in [-0.25, -0.2) is 4.39 Å². The Morgan fingerprint density at radius 3 is 2.45 bits per heavy atom. The molecule has 2 heteroatoms. The van der Waals surface area contributed by atoms with Gasteiger partial charge in [0.15, 0.2) is 0 Å². The summed E-state index contributed by atoms with van der Waals surface area (Å²) in [6.45, 7) is 6.73. The van der Waals surface area contributed by atoms with E-state index in [1.165, 1.54) is 6.92 Å². The molecule has 0 aliphatic rings. The van der Waals surface area contributed by atoms with Crippen LogP contribution in [0.4, 0.5) is 4.39 Å². The first-order valence-corrected chi connectivity index (χ1v) is 3.85. The molecule has 11 heavy (non-hydrogen) atoms. The maximum atomic E-state index is 12.7.